The molecule has 0 atom stereocenters. The summed E-state index contributed by atoms with van der Waals surface area (Å²) in [5, 5.41) is 16.3. The molecule has 0 radical (unpaired) electrons. The second-order valence-electron chi connectivity index (χ2n) is 4.71. The van der Waals surface area contributed by atoms with Crippen LogP contribution in [-0.2, 0) is 6.54 Å². The van der Waals surface area contributed by atoms with E-state index in [9.17, 15) is 10.1 Å². The lowest BCUT2D eigenvalue weighted by molar-refractivity contribution is -0.387. The molecule has 0 fully saturated rings. The molecule has 0 aliphatic carbocycles. The number of aromatic nitrogens is 2. The smallest absolute Gasteiger partial charge is 0.344 e. The Kier molecular flexibility index (Phi) is 4.85. The number of nitrogens with zero attached hydrogens (tertiary/aromatic N) is 4. The largest absolute Gasteiger partial charge is 0.357 e. The third-order valence-electron chi connectivity index (χ3n) is 2.93. The van der Waals surface area contributed by atoms with Crippen molar-refractivity contribution in [1.82, 2.24) is 9.78 Å². The van der Waals surface area contributed by atoms with Gasteiger partial charge in [0.05, 0.1) is 11.5 Å². The molecule has 0 aliphatic heterocycles. The van der Waals surface area contributed by atoms with Gasteiger partial charge in [0.2, 0.25) is 5.82 Å². The summed E-state index contributed by atoms with van der Waals surface area (Å²) in [6.45, 7) is 2.47. The van der Waals surface area contributed by atoms with Gasteiger partial charge in [-0.05, 0) is 11.3 Å². The van der Waals surface area contributed by atoms with Gasteiger partial charge in [0.15, 0.2) is 5.03 Å². The van der Waals surface area contributed by atoms with E-state index in [4.69, 9.17) is 0 Å². The predicted octanol–water partition coefficient (Wildman–Crippen LogP) is 3.02. The zero-order valence-electron chi connectivity index (χ0n) is 12.3. The van der Waals surface area contributed by atoms with Crippen molar-refractivity contribution < 1.29 is 4.92 Å². The van der Waals surface area contributed by atoms with Crippen molar-refractivity contribution in [1.29, 1.82) is 0 Å². The number of hydrogen-bond acceptors (Lipinski definition) is 5. The van der Waals surface area contributed by atoms with Crippen LogP contribution in [0.4, 0.5) is 11.5 Å². The number of benzene rings is 1. The van der Waals surface area contributed by atoms with Gasteiger partial charge in [-0.3, -0.25) is 10.1 Å². The standard InChI is InChI=1S/C14H18N4O2S/c1-4-21-13-12(18(19)20)14(16(2)3)17(15-13)10-11-8-6-5-7-9-11/h5-9H,4,10H2,1-3H3. The third-order valence-corrected chi connectivity index (χ3v) is 3.77. The zero-order chi connectivity index (χ0) is 15.4. The van der Waals surface area contributed by atoms with Gasteiger partial charge < -0.3 is 4.90 Å². The molecule has 1 aromatic carbocycles. The fourth-order valence-corrected chi connectivity index (χ4v) is 2.86. The summed E-state index contributed by atoms with van der Waals surface area (Å²) in [5.41, 5.74) is 1.15. The topological polar surface area (TPSA) is 64.2 Å². The summed E-state index contributed by atoms with van der Waals surface area (Å²) in [6.07, 6.45) is 0. The van der Waals surface area contributed by atoms with Crippen LogP contribution < -0.4 is 4.90 Å². The molecule has 0 spiro atoms. The Balaban J connectivity index is 2.49. The average molecular weight is 306 g/mol. The summed E-state index contributed by atoms with van der Waals surface area (Å²) in [6, 6.07) is 9.81. The van der Waals surface area contributed by atoms with Crippen LogP contribution >= 0.6 is 11.8 Å². The molecule has 1 heterocycles. The molecule has 1 aromatic heterocycles. The summed E-state index contributed by atoms with van der Waals surface area (Å²) in [4.78, 5) is 12.8. The molecule has 0 saturated heterocycles. The third kappa shape index (κ3) is 3.36. The van der Waals surface area contributed by atoms with Gasteiger partial charge in [0.1, 0.15) is 0 Å². The molecule has 7 heteroatoms. The molecule has 2 aromatic rings. The van der Waals surface area contributed by atoms with Crippen LogP contribution in [-0.4, -0.2) is 34.6 Å². The summed E-state index contributed by atoms with van der Waals surface area (Å²) in [7, 11) is 3.60. The van der Waals surface area contributed by atoms with Crippen molar-refractivity contribution in [2.24, 2.45) is 0 Å². The Morgan fingerprint density at radius 2 is 2.00 bits per heavy atom. The van der Waals surface area contributed by atoms with Crippen LogP contribution in [0.25, 0.3) is 0 Å². The first-order chi connectivity index (χ1) is 10.0. The van der Waals surface area contributed by atoms with E-state index >= 15 is 0 Å². The van der Waals surface area contributed by atoms with E-state index in [1.165, 1.54) is 11.8 Å². The second kappa shape index (κ2) is 6.62. The normalized spacial score (nSPS) is 10.6. The fraction of sp³-hybridized carbons (Fsp3) is 0.357. The highest BCUT2D eigenvalue weighted by Gasteiger charge is 2.29. The summed E-state index contributed by atoms with van der Waals surface area (Å²) < 4.78 is 1.70. The Morgan fingerprint density at radius 1 is 1.33 bits per heavy atom. The average Bonchev–Trinajstić information content (AvgIpc) is 2.79. The van der Waals surface area contributed by atoms with Crippen molar-refractivity contribution in [3.8, 4) is 0 Å². The minimum Gasteiger partial charge on any atom is -0.357 e. The van der Waals surface area contributed by atoms with Gasteiger partial charge in [-0.1, -0.05) is 49.0 Å². The first-order valence-corrected chi connectivity index (χ1v) is 7.62. The van der Waals surface area contributed by atoms with Crippen LogP contribution in [0.15, 0.2) is 35.4 Å². The van der Waals surface area contributed by atoms with Crippen LogP contribution in [0, 0.1) is 10.1 Å². The Bertz CT molecular complexity index is 625. The minimum atomic E-state index is -0.345. The van der Waals surface area contributed by atoms with Crippen LogP contribution in [0.5, 0.6) is 0 Å². The highest BCUT2D eigenvalue weighted by molar-refractivity contribution is 7.99. The highest BCUT2D eigenvalue weighted by Crippen LogP contribution is 2.37. The summed E-state index contributed by atoms with van der Waals surface area (Å²) >= 11 is 1.39. The quantitative estimate of drug-likeness (QED) is 0.466. The monoisotopic (exact) mass is 306 g/mol. The lowest BCUT2D eigenvalue weighted by Gasteiger charge is -2.13. The Morgan fingerprint density at radius 3 is 2.52 bits per heavy atom. The van der Waals surface area contributed by atoms with Crippen LogP contribution in [0.3, 0.4) is 0 Å². The van der Waals surface area contributed by atoms with E-state index in [0.717, 1.165) is 11.3 Å². The lowest BCUT2D eigenvalue weighted by atomic mass is 10.2. The van der Waals surface area contributed by atoms with Gasteiger partial charge in [-0.15, -0.1) is 0 Å². The first kappa shape index (κ1) is 15.4. The maximum atomic E-state index is 11.4. The van der Waals surface area contributed by atoms with Crippen LogP contribution in [0.2, 0.25) is 0 Å². The number of thioether (sulfide) groups is 1. The zero-order valence-corrected chi connectivity index (χ0v) is 13.1. The Hall–Kier alpha value is -2.02. The molecule has 2 rings (SSSR count). The maximum Gasteiger partial charge on any atom is 0.344 e. The van der Waals surface area contributed by atoms with E-state index in [1.54, 1.807) is 23.7 Å². The van der Waals surface area contributed by atoms with Crippen LogP contribution in [0.1, 0.15) is 12.5 Å². The van der Waals surface area contributed by atoms with E-state index in [2.05, 4.69) is 5.10 Å². The number of hydrogen-bond donors (Lipinski definition) is 0. The molecule has 6 nitrogen and oxygen atoms in total. The molecule has 0 saturated carbocycles. The molecular formula is C14H18N4O2S. The van der Waals surface area contributed by atoms with E-state index < -0.39 is 0 Å². The maximum absolute atomic E-state index is 11.4. The Labute approximate surface area is 127 Å². The van der Waals surface area contributed by atoms with Gasteiger partial charge in [0.25, 0.3) is 0 Å². The fourth-order valence-electron chi connectivity index (χ4n) is 2.13. The first-order valence-electron chi connectivity index (χ1n) is 6.63. The van der Waals surface area contributed by atoms with E-state index in [1.807, 2.05) is 37.3 Å². The number of rotatable bonds is 6. The number of nitro groups is 1. The van der Waals surface area contributed by atoms with Crippen molar-refractivity contribution in [3.05, 3.63) is 46.0 Å². The molecule has 112 valence electrons. The molecular weight excluding hydrogens is 288 g/mol. The molecule has 21 heavy (non-hydrogen) atoms. The van der Waals surface area contributed by atoms with E-state index in [-0.39, 0.29) is 10.6 Å². The van der Waals surface area contributed by atoms with E-state index in [0.29, 0.717) is 17.4 Å². The van der Waals surface area contributed by atoms with Crippen molar-refractivity contribution in [2.45, 2.75) is 18.5 Å². The summed E-state index contributed by atoms with van der Waals surface area (Å²) in [5.74, 6) is 1.27. The van der Waals surface area contributed by atoms with Crippen molar-refractivity contribution in [3.63, 3.8) is 0 Å². The highest BCUT2D eigenvalue weighted by atomic mass is 32.2. The molecule has 0 aliphatic rings. The predicted molar refractivity (Wildman–Crippen MR) is 85.2 cm³/mol. The van der Waals surface area contributed by atoms with Gasteiger partial charge in [-0.2, -0.15) is 5.10 Å². The molecule has 0 bridgehead atoms. The minimum absolute atomic E-state index is 0.0859. The van der Waals surface area contributed by atoms with Gasteiger partial charge >= 0.3 is 5.69 Å². The second-order valence-corrected chi connectivity index (χ2v) is 5.96. The SMILES string of the molecule is CCSc1nn(Cc2ccccc2)c(N(C)C)c1[N+](=O)[O-]. The molecule has 0 amide bonds. The van der Waals surface area contributed by atoms with Crippen molar-refractivity contribution >= 4 is 23.3 Å². The molecule has 0 N–H and O–H groups in total. The van der Waals surface area contributed by atoms with Gasteiger partial charge in [0, 0.05) is 14.1 Å². The molecule has 0 unspecified atom stereocenters. The van der Waals surface area contributed by atoms with Crippen molar-refractivity contribution in [2.75, 3.05) is 24.7 Å². The lowest BCUT2D eigenvalue weighted by Crippen LogP contribution is -2.16. The number of anilines is 1. The van der Waals surface area contributed by atoms with Gasteiger partial charge in [-0.25, -0.2) is 4.68 Å².